The molecule has 0 amide bonds. The van der Waals surface area contributed by atoms with Crippen molar-refractivity contribution in [1.82, 2.24) is 4.31 Å². The molecular formula is C13H20Cl2N2O2S. The molecule has 2 N–H and O–H groups in total. The van der Waals surface area contributed by atoms with E-state index in [1.54, 1.807) is 18.2 Å². The summed E-state index contributed by atoms with van der Waals surface area (Å²) >= 11 is 6.07. The lowest BCUT2D eigenvalue weighted by atomic mass is 9.90. The smallest absolute Gasteiger partial charge is 0.244 e. The third-order valence-electron chi connectivity index (χ3n) is 3.72. The maximum absolute atomic E-state index is 12.6. The van der Waals surface area contributed by atoms with Crippen molar-refractivity contribution >= 4 is 34.0 Å². The Kier molecular flexibility index (Phi) is 5.49. The Labute approximate surface area is 131 Å². The van der Waals surface area contributed by atoms with Crippen molar-refractivity contribution < 1.29 is 8.42 Å². The van der Waals surface area contributed by atoms with Gasteiger partial charge in [0.25, 0.3) is 0 Å². The lowest BCUT2D eigenvalue weighted by Crippen LogP contribution is -2.34. The van der Waals surface area contributed by atoms with E-state index in [-0.39, 0.29) is 27.7 Å². The topological polar surface area (TPSA) is 63.4 Å². The number of halogens is 2. The fourth-order valence-corrected chi connectivity index (χ4v) is 4.47. The first-order valence-electron chi connectivity index (χ1n) is 6.25. The van der Waals surface area contributed by atoms with E-state index in [2.05, 4.69) is 0 Å². The third kappa shape index (κ3) is 3.28. The summed E-state index contributed by atoms with van der Waals surface area (Å²) in [6, 6.07) is 5.01. The Balaban J connectivity index is 0.00000200. The number of sulfonamides is 1. The van der Waals surface area contributed by atoms with Crippen molar-refractivity contribution in [2.45, 2.75) is 25.2 Å². The molecule has 1 aliphatic heterocycles. The molecule has 1 aromatic rings. The molecule has 4 nitrogen and oxygen atoms in total. The van der Waals surface area contributed by atoms with Gasteiger partial charge in [0.05, 0.1) is 5.02 Å². The first kappa shape index (κ1) is 17.7. The molecule has 7 heteroatoms. The molecule has 2 rings (SSSR count). The summed E-state index contributed by atoms with van der Waals surface area (Å²) in [4.78, 5) is 0.182. The number of rotatable bonds is 3. The molecule has 1 fully saturated rings. The summed E-state index contributed by atoms with van der Waals surface area (Å²) in [7, 11) is -3.52. The molecule has 0 saturated carbocycles. The molecule has 0 radical (unpaired) electrons. The quantitative estimate of drug-likeness (QED) is 0.920. The minimum absolute atomic E-state index is 0. The van der Waals surface area contributed by atoms with Gasteiger partial charge in [-0.1, -0.05) is 24.6 Å². The van der Waals surface area contributed by atoms with Crippen LogP contribution in [0.5, 0.6) is 0 Å². The van der Waals surface area contributed by atoms with Gasteiger partial charge in [0.2, 0.25) is 10.0 Å². The van der Waals surface area contributed by atoms with Gasteiger partial charge in [-0.3, -0.25) is 0 Å². The van der Waals surface area contributed by atoms with E-state index < -0.39 is 10.0 Å². The first-order chi connectivity index (χ1) is 8.78. The highest BCUT2D eigenvalue weighted by atomic mass is 35.5. The zero-order valence-corrected chi connectivity index (χ0v) is 14.0. The van der Waals surface area contributed by atoms with Gasteiger partial charge in [-0.05, 0) is 43.0 Å². The molecule has 1 heterocycles. The van der Waals surface area contributed by atoms with Gasteiger partial charge in [-0.25, -0.2) is 8.42 Å². The summed E-state index contributed by atoms with van der Waals surface area (Å²) in [5.74, 6) is 0. The predicted octanol–water partition coefficient (Wildman–Crippen LogP) is 2.43. The minimum Gasteiger partial charge on any atom is -0.330 e. The summed E-state index contributed by atoms with van der Waals surface area (Å²) in [5.41, 5.74) is 6.52. The summed E-state index contributed by atoms with van der Waals surface area (Å²) in [6.45, 7) is 5.33. The maximum Gasteiger partial charge on any atom is 0.244 e. The maximum atomic E-state index is 12.6. The van der Waals surface area contributed by atoms with Gasteiger partial charge >= 0.3 is 0 Å². The lowest BCUT2D eigenvalue weighted by molar-refractivity contribution is 0.349. The van der Waals surface area contributed by atoms with Crippen LogP contribution >= 0.6 is 24.0 Å². The van der Waals surface area contributed by atoms with Crippen molar-refractivity contribution in [3.05, 3.63) is 28.8 Å². The standard InChI is InChI=1S/C13H19ClN2O2S.ClH/c1-10-3-4-12(11(14)7-10)19(17,18)16-6-5-13(2,8-15)9-16;/h3-4,7H,5-6,8-9,15H2,1-2H3;1H. The van der Waals surface area contributed by atoms with E-state index in [0.717, 1.165) is 12.0 Å². The summed E-state index contributed by atoms with van der Waals surface area (Å²) < 4.78 is 26.6. The van der Waals surface area contributed by atoms with Crippen LogP contribution in [-0.2, 0) is 10.0 Å². The molecule has 20 heavy (non-hydrogen) atoms. The van der Waals surface area contributed by atoms with Gasteiger partial charge < -0.3 is 5.73 Å². The second-order valence-corrected chi connectivity index (χ2v) is 7.85. The molecule has 0 aliphatic carbocycles. The van der Waals surface area contributed by atoms with E-state index in [1.807, 2.05) is 13.8 Å². The molecule has 1 aromatic carbocycles. The van der Waals surface area contributed by atoms with Crippen LogP contribution in [0.25, 0.3) is 0 Å². The van der Waals surface area contributed by atoms with Gasteiger partial charge in [0.1, 0.15) is 4.90 Å². The Morgan fingerprint density at radius 2 is 2.10 bits per heavy atom. The van der Waals surface area contributed by atoms with Crippen molar-refractivity contribution in [1.29, 1.82) is 0 Å². The molecule has 1 saturated heterocycles. The number of nitrogens with two attached hydrogens (primary N) is 1. The SMILES string of the molecule is Cc1ccc(S(=O)(=O)N2CCC(C)(CN)C2)c(Cl)c1.Cl. The van der Waals surface area contributed by atoms with Gasteiger partial charge in [0, 0.05) is 13.1 Å². The van der Waals surface area contributed by atoms with Crippen LogP contribution in [0.2, 0.25) is 5.02 Å². The number of benzene rings is 1. The number of aryl methyl sites for hydroxylation is 1. The minimum atomic E-state index is -3.52. The normalized spacial score (nSPS) is 23.6. The molecule has 1 atom stereocenters. The zero-order chi connectivity index (χ0) is 14.3. The number of hydrogen-bond acceptors (Lipinski definition) is 3. The average molecular weight is 339 g/mol. The molecule has 0 bridgehead atoms. The van der Waals surface area contributed by atoms with Gasteiger partial charge in [0.15, 0.2) is 0 Å². The second kappa shape index (κ2) is 6.20. The molecule has 0 aromatic heterocycles. The molecule has 1 unspecified atom stereocenters. The lowest BCUT2D eigenvalue weighted by Gasteiger charge is -2.22. The average Bonchev–Trinajstić information content (AvgIpc) is 2.73. The Bertz CT molecular complexity index is 592. The van der Waals surface area contributed by atoms with Crippen molar-refractivity contribution in [3.8, 4) is 0 Å². The van der Waals surface area contributed by atoms with Crippen LogP contribution in [0.4, 0.5) is 0 Å². The fourth-order valence-electron chi connectivity index (χ4n) is 2.30. The van der Waals surface area contributed by atoms with E-state index in [1.165, 1.54) is 4.31 Å². The summed E-state index contributed by atoms with van der Waals surface area (Å²) in [5, 5.41) is 0.279. The monoisotopic (exact) mass is 338 g/mol. The first-order valence-corrected chi connectivity index (χ1v) is 8.07. The highest BCUT2D eigenvalue weighted by Crippen LogP contribution is 2.34. The third-order valence-corrected chi connectivity index (χ3v) is 6.05. The van der Waals surface area contributed by atoms with E-state index in [0.29, 0.717) is 19.6 Å². The van der Waals surface area contributed by atoms with E-state index in [4.69, 9.17) is 17.3 Å². The van der Waals surface area contributed by atoms with E-state index >= 15 is 0 Å². The Morgan fingerprint density at radius 3 is 2.60 bits per heavy atom. The van der Waals surface area contributed by atoms with Gasteiger partial charge in [-0.2, -0.15) is 4.31 Å². The number of nitrogens with zero attached hydrogens (tertiary/aromatic N) is 1. The van der Waals surface area contributed by atoms with Crippen LogP contribution in [0.1, 0.15) is 18.9 Å². The van der Waals surface area contributed by atoms with Crippen LogP contribution in [0.15, 0.2) is 23.1 Å². The second-order valence-electron chi connectivity index (χ2n) is 5.54. The van der Waals surface area contributed by atoms with Crippen LogP contribution < -0.4 is 5.73 Å². The highest BCUT2D eigenvalue weighted by molar-refractivity contribution is 7.89. The molecule has 114 valence electrons. The van der Waals surface area contributed by atoms with Crippen molar-refractivity contribution in [2.75, 3.05) is 19.6 Å². The van der Waals surface area contributed by atoms with Gasteiger partial charge in [-0.15, -0.1) is 12.4 Å². The van der Waals surface area contributed by atoms with Crippen molar-refractivity contribution in [2.24, 2.45) is 11.1 Å². The zero-order valence-electron chi connectivity index (χ0n) is 11.6. The molecule has 1 aliphatic rings. The Hall–Kier alpha value is -0.330. The Morgan fingerprint density at radius 1 is 1.45 bits per heavy atom. The molecular weight excluding hydrogens is 319 g/mol. The predicted molar refractivity (Wildman–Crippen MR) is 84.0 cm³/mol. The fraction of sp³-hybridized carbons (Fsp3) is 0.538. The number of hydrogen-bond donors (Lipinski definition) is 1. The highest BCUT2D eigenvalue weighted by Gasteiger charge is 2.39. The largest absolute Gasteiger partial charge is 0.330 e. The van der Waals surface area contributed by atoms with Crippen molar-refractivity contribution in [3.63, 3.8) is 0 Å². The van der Waals surface area contributed by atoms with Crippen LogP contribution in [-0.4, -0.2) is 32.4 Å². The molecule has 0 spiro atoms. The van der Waals surface area contributed by atoms with Crippen LogP contribution in [0, 0.1) is 12.3 Å². The van der Waals surface area contributed by atoms with Crippen LogP contribution in [0.3, 0.4) is 0 Å². The van der Waals surface area contributed by atoms with E-state index in [9.17, 15) is 8.42 Å². The summed E-state index contributed by atoms with van der Waals surface area (Å²) in [6.07, 6.45) is 0.784.